The SMILES string of the molecule is CCCCCCC(C)(CCCCC)C(=O)ON=C(C)C. The lowest BCUT2D eigenvalue weighted by molar-refractivity contribution is -0.156. The van der Waals surface area contributed by atoms with Crippen molar-refractivity contribution in [1.82, 2.24) is 0 Å². The lowest BCUT2D eigenvalue weighted by Gasteiger charge is -2.26. The van der Waals surface area contributed by atoms with Gasteiger partial charge in [0.25, 0.3) is 0 Å². The van der Waals surface area contributed by atoms with E-state index in [9.17, 15) is 4.79 Å². The zero-order chi connectivity index (χ0) is 15.4. The third kappa shape index (κ3) is 8.34. The van der Waals surface area contributed by atoms with Crippen LogP contribution in [-0.4, -0.2) is 11.7 Å². The summed E-state index contributed by atoms with van der Waals surface area (Å²) in [5, 5.41) is 3.83. The Morgan fingerprint density at radius 3 is 1.95 bits per heavy atom. The molecule has 0 fully saturated rings. The van der Waals surface area contributed by atoms with Crippen molar-refractivity contribution in [2.24, 2.45) is 10.6 Å². The summed E-state index contributed by atoms with van der Waals surface area (Å²) in [7, 11) is 0. The number of carbonyl (C=O) groups excluding carboxylic acids is 1. The van der Waals surface area contributed by atoms with E-state index in [2.05, 4.69) is 19.0 Å². The first-order valence-electron chi connectivity index (χ1n) is 8.19. The second kappa shape index (κ2) is 10.9. The van der Waals surface area contributed by atoms with E-state index in [1.807, 2.05) is 20.8 Å². The van der Waals surface area contributed by atoms with E-state index in [0.29, 0.717) is 0 Å². The van der Waals surface area contributed by atoms with Crippen molar-refractivity contribution in [3.63, 3.8) is 0 Å². The second-order valence-electron chi connectivity index (χ2n) is 6.25. The molecule has 0 rings (SSSR count). The first kappa shape index (κ1) is 19.1. The Kier molecular flexibility index (Phi) is 10.4. The van der Waals surface area contributed by atoms with Crippen molar-refractivity contribution in [2.75, 3.05) is 0 Å². The quantitative estimate of drug-likeness (QED) is 0.218. The molecule has 0 aliphatic rings. The average molecular weight is 283 g/mol. The number of carbonyl (C=O) groups is 1. The van der Waals surface area contributed by atoms with E-state index >= 15 is 0 Å². The predicted molar refractivity (Wildman–Crippen MR) is 85.9 cm³/mol. The Labute approximate surface area is 125 Å². The number of hydrogen-bond donors (Lipinski definition) is 0. The summed E-state index contributed by atoms with van der Waals surface area (Å²) < 4.78 is 0. The monoisotopic (exact) mass is 283 g/mol. The van der Waals surface area contributed by atoms with Gasteiger partial charge < -0.3 is 4.84 Å². The summed E-state index contributed by atoms with van der Waals surface area (Å²) in [6, 6.07) is 0. The van der Waals surface area contributed by atoms with Gasteiger partial charge in [-0.05, 0) is 33.6 Å². The molecule has 0 aromatic rings. The van der Waals surface area contributed by atoms with E-state index < -0.39 is 0 Å². The van der Waals surface area contributed by atoms with E-state index in [-0.39, 0.29) is 11.4 Å². The van der Waals surface area contributed by atoms with Crippen LogP contribution in [0.2, 0.25) is 0 Å². The summed E-state index contributed by atoms with van der Waals surface area (Å²) in [5.74, 6) is -0.161. The fourth-order valence-electron chi connectivity index (χ4n) is 2.28. The van der Waals surface area contributed by atoms with Gasteiger partial charge in [-0.25, -0.2) is 4.79 Å². The Hall–Kier alpha value is -0.860. The average Bonchev–Trinajstić information content (AvgIpc) is 2.41. The van der Waals surface area contributed by atoms with Crippen LogP contribution in [0.15, 0.2) is 5.16 Å². The molecule has 0 aromatic carbocycles. The largest absolute Gasteiger partial charge is 0.340 e. The number of oxime groups is 1. The molecule has 0 aliphatic carbocycles. The molecule has 0 saturated heterocycles. The predicted octanol–water partition coefficient (Wildman–Crippen LogP) is 5.48. The molecule has 0 spiro atoms. The maximum atomic E-state index is 12.3. The Balaban J connectivity index is 4.49. The van der Waals surface area contributed by atoms with Gasteiger partial charge >= 0.3 is 5.97 Å². The lowest BCUT2D eigenvalue weighted by Crippen LogP contribution is -2.29. The van der Waals surface area contributed by atoms with Crippen molar-refractivity contribution in [1.29, 1.82) is 0 Å². The Bertz CT molecular complexity index is 295. The molecule has 0 radical (unpaired) electrons. The molecule has 3 nitrogen and oxygen atoms in total. The van der Waals surface area contributed by atoms with Crippen molar-refractivity contribution in [3.05, 3.63) is 0 Å². The van der Waals surface area contributed by atoms with E-state index in [0.717, 1.165) is 31.4 Å². The zero-order valence-corrected chi connectivity index (χ0v) is 14.1. The molecule has 1 atom stereocenters. The number of hydrogen-bond acceptors (Lipinski definition) is 3. The van der Waals surface area contributed by atoms with Crippen LogP contribution in [-0.2, 0) is 9.63 Å². The van der Waals surface area contributed by atoms with Crippen molar-refractivity contribution in [3.8, 4) is 0 Å². The molecule has 1 unspecified atom stereocenters. The molecular formula is C17H33NO2. The molecule has 0 saturated carbocycles. The van der Waals surface area contributed by atoms with Crippen LogP contribution in [0.5, 0.6) is 0 Å². The fraction of sp³-hybridized carbons (Fsp3) is 0.882. The topological polar surface area (TPSA) is 38.7 Å². The van der Waals surface area contributed by atoms with Gasteiger partial charge in [0.05, 0.1) is 11.1 Å². The molecule has 0 aromatic heterocycles. The minimum atomic E-state index is -0.373. The van der Waals surface area contributed by atoms with Crippen LogP contribution in [0.4, 0.5) is 0 Å². The molecule has 0 aliphatic heterocycles. The maximum absolute atomic E-state index is 12.3. The normalized spacial score (nSPS) is 13.7. The first-order valence-corrected chi connectivity index (χ1v) is 8.19. The second-order valence-corrected chi connectivity index (χ2v) is 6.25. The third-order valence-corrected chi connectivity index (χ3v) is 3.72. The van der Waals surface area contributed by atoms with Crippen molar-refractivity contribution >= 4 is 11.7 Å². The molecule has 20 heavy (non-hydrogen) atoms. The minimum Gasteiger partial charge on any atom is -0.318 e. The number of nitrogens with zero attached hydrogens (tertiary/aromatic N) is 1. The molecule has 3 heteroatoms. The van der Waals surface area contributed by atoms with Gasteiger partial charge in [0.2, 0.25) is 0 Å². The highest BCUT2D eigenvalue weighted by Gasteiger charge is 2.34. The summed E-state index contributed by atoms with van der Waals surface area (Å²) in [5.41, 5.74) is 0.405. The smallest absolute Gasteiger partial charge is 0.318 e. The first-order chi connectivity index (χ1) is 9.46. The molecule has 0 bridgehead atoms. The molecular weight excluding hydrogens is 250 g/mol. The third-order valence-electron chi connectivity index (χ3n) is 3.72. The van der Waals surface area contributed by atoms with E-state index in [1.54, 1.807) is 0 Å². The van der Waals surface area contributed by atoms with Crippen LogP contribution in [0.25, 0.3) is 0 Å². The Morgan fingerprint density at radius 2 is 1.45 bits per heavy atom. The van der Waals surface area contributed by atoms with Gasteiger partial charge in [-0.1, -0.05) is 63.9 Å². The Morgan fingerprint density at radius 1 is 0.950 bits per heavy atom. The molecule has 0 N–H and O–H groups in total. The van der Waals surface area contributed by atoms with Gasteiger partial charge in [-0.15, -0.1) is 0 Å². The lowest BCUT2D eigenvalue weighted by atomic mass is 9.80. The summed E-state index contributed by atoms with van der Waals surface area (Å²) in [6.45, 7) is 10.1. The summed E-state index contributed by atoms with van der Waals surface area (Å²) in [6.07, 6.45) is 10.0. The molecule has 118 valence electrons. The van der Waals surface area contributed by atoms with Gasteiger partial charge in [0, 0.05) is 0 Å². The summed E-state index contributed by atoms with van der Waals surface area (Å²) in [4.78, 5) is 17.4. The fourth-order valence-corrected chi connectivity index (χ4v) is 2.28. The number of rotatable bonds is 11. The number of unbranched alkanes of at least 4 members (excludes halogenated alkanes) is 5. The summed E-state index contributed by atoms with van der Waals surface area (Å²) >= 11 is 0. The van der Waals surface area contributed by atoms with Crippen LogP contribution in [0.3, 0.4) is 0 Å². The highest BCUT2D eigenvalue weighted by Crippen LogP contribution is 2.33. The van der Waals surface area contributed by atoms with Crippen LogP contribution in [0, 0.1) is 5.41 Å². The molecule has 0 heterocycles. The van der Waals surface area contributed by atoms with Crippen LogP contribution < -0.4 is 0 Å². The zero-order valence-electron chi connectivity index (χ0n) is 14.1. The maximum Gasteiger partial charge on any atom is 0.340 e. The highest BCUT2D eigenvalue weighted by molar-refractivity contribution is 5.81. The van der Waals surface area contributed by atoms with Gasteiger partial charge in [-0.3, -0.25) is 0 Å². The van der Waals surface area contributed by atoms with E-state index in [4.69, 9.17) is 4.84 Å². The van der Waals surface area contributed by atoms with Gasteiger partial charge in [0.1, 0.15) is 0 Å². The van der Waals surface area contributed by atoms with Crippen molar-refractivity contribution in [2.45, 2.75) is 92.4 Å². The highest BCUT2D eigenvalue weighted by atomic mass is 16.7. The van der Waals surface area contributed by atoms with Gasteiger partial charge in [0.15, 0.2) is 0 Å². The van der Waals surface area contributed by atoms with Crippen molar-refractivity contribution < 1.29 is 9.63 Å². The standard InChI is InChI=1S/C17H33NO2/c1-6-8-10-12-14-17(5,13-11-9-7-2)16(19)20-18-15(3)4/h6-14H2,1-5H3. The van der Waals surface area contributed by atoms with Crippen LogP contribution in [0.1, 0.15) is 92.4 Å². The van der Waals surface area contributed by atoms with E-state index in [1.165, 1.54) is 32.1 Å². The molecule has 0 amide bonds. The van der Waals surface area contributed by atoms with Gasteiger partial charge in [-0.2, -0.15) is 0 Å². The van der Waals surface area contributed by atoms with Crippen LogP contribution >= 0.6 is 0 Å². The minimum absolute atomic E-state index is 0.161.